The summed E-state index contributed by atoms with van der Waals surface area (Å²) in [5, 5.41) is 18.0. The van der Waals surface area contributed by atoms with E-state index in [4.69, 9.17) is 37.4 Å². The fourth-order valence-electron chi connectivity index (χ4n) is 6.40. The molecule has 4 heterocycles. The van der Waals surface area contributed by atoms with Crippen molar-refractivity contribution in [2.24, 2.45) is 0 Å². The van der Waals surface area contributed by atoms with Crippen molar-refractivity contribution in [3.8, 4) is 22.5 Å². The molecule has 2 bridgehead atoms. The van der Waals surface area contributed by atoms with Gasteiger partial charge >= 0.3 is 5.97 Å². The van der Waals surface area contributed by atoms with E-state index in [1.807, 2.05) is 37.3 Å². The third kappa shape index (κ3) is 5.05. The van der Waals surface area contributed by atoms with Gasteiger partial charge in [-0.3, -0.25) is 0 Å². The molecule has 0 radical (unpaired) electrons. The molecule has 2 aromatic carbocycles. The number of hydrogen-bond donors (Lipinski definition) is 1. The van der Waals surface area contributed by atoms with Gasteiger partial charge in [-0.05, 0) is 75.3 Å². The fourth-order valence-corrected chi connectivity index (χ4v) is 7.96. The Morgan fingerprint density at radius 1 is 1.12 bits per heavy atom. The Bertz CT molecular complexity index is 1600. The molecule has 1 unspecified atom stereocenters. The first-order valence-corrected chi connectivity index (χ1v) is 15.6. The Balaban J connectivity index is 1.07. The first kappa shape index (κ1) is 27.0. The van der Waals surface area contributed by atoms with Crippen molar-refractivity contribution in [3.63, 3.8) is 0 Å². The van der Waals surface area contributed by atoms with Crippen molar-refractivity contribution >= 4 is 45.6 Å². The first-order chi connectivity index (χ1) is 19.9. The lowest BCUT2D eigenvalue weighted by atomic mass is 10.00. The Hall–Kier alpha value is -2.91. The number of aromatic carboxylic acids is 1. The van der Waals surface area contributed by atoms with E-state index in [2.05, 4.69) is 15.4 Å². The van der Waals surface area contributed by atoms with Crippen LogP contribution in [0.25, 0.3) is 22.5 Å². The van der Waals surface area contributed by atoms with Crippen molar-refractivity contribution in [1.82, 2.24) is 10.1 Å². The molecule has 2 aromatic heterocycles. The van der Waals surface area contributed by atoms with E-state index >= 15 is 0 Å². The molecule has 7 nitrogen and oxygen atoms in total. The summed E-state index contributed by atoms with van der Waals surface area (Å²) in [6.07, 6.45) is 6.43. The van der Waals surface area contributed by atoms with Gasteiger partial charge in [0.1, 0.15) is 11.5 Å². The van der Waals surface area contributed by atoms with Crippen molar-refractivity contribution in [2.45, 2.75) is 76.2 Å². The average molecular weight is 611 g/mol. The maximum absolute atomic E-state index is 11.4. The molecule has 2 aliphatic heterocycles. The minimum Gasteiger partial charge on any atom is -0.478 e. The second kappa shape index (κ2) is 10.7. The number of anilines is 1. The number of hydrogen-bond acceptors (Lipinski definition) is 7. The average Bonchev–Trinajstić information content (AvgIpc) is 3.41. The van der Waals surface area contributed by atoms with Crippen molar-refractivity contribution in [3.05, 3.63) is 74.3 Å². The molecule has 212 valence electrons. The van der Waals surface area contributed by atoms with Crippen LogP contribution in [0.1, 0.15) is 71.7 Å². The van der Waals surface area contributed by atoms with Crippen LogP contribution >= 0.6 is 34.5 Å². The van der Waals surface area contributed by atoms with Gasteiger partial charge in [0.2, 0.25) is 0 Å². The maximum Gasteiger partial charge on any atom is 0.335 e. The summed E-state index contributed by atoms with van der Waals surface area (Å²) in [6, 6.07) is 11.6. The van der Waals surface area contributed by atoms with E-state index in [-0.39, 0.29) is 6.10 Å². The molecular formula is C31H29Cl2N3O4S. The van der Waals surface area contributed by atoms with Gasteiger partial charge in [0, 0.05) is 40.1 Å². The molecule has 3 aliphatic rings. The molecule has 3 fully saturated rings. The Morgan fingerprint density at radius 3 is 2.51 bits per heavy atom. The van der Waals surface area contributed by atoms with E-state index in [1.54, 1.807) is 17.4 Å². The Labute approximate surface area is 252 Å². The number of thiazole rings is 1. The number of carbonyl (C=O) groups is 1. The molecule has 10 heteroatoms. The van der Waals surface area contributed by atoms with E-state index in [0.717, 1.165) is 71.8 Å². The summed E-state index contributed by atoms with van der Waals surface area (Å²) >= 11 is 14.7. The molecule has 4 aromatic rings. The zero-order valence-electron chi connectivity index (χ0n) is 22.5. The van der Waals surface area contributed by atoms with Crippen LogP contribution in [0.3, 0.4) is 0 Å². The van der Waals surface area contributed by atoms with Gasteiger partial charge in [-0.2, -0.15) is 0 Å². The van der Waals surface area contributed by atoms with E-state index < -0.39 is 5.97 Å². The summed E-state index contributed by atoms with van der Waals surface area (Å²) in [6.45, 7) is 2.24. The molecule has 1 N–H and O–H groups in total. The standard InChI is InChI=1S/C31H29Cl2N3O4S/c1-16-11-18(7-10-22(16)30(37)38)26-15-41-31(34-26)36-19-8-9-20(36)13-21(12-19)39-14-23-28(35-40-29(23)17-5-6-17)27-24(32)3-2-4-25(27)33/h2-4,7,10-11,15,17,19-21H,5-6,8-9,12-14H2,1H3,(H,37,38)/t19-,20+,21?. The van der Waals surface area contributed by atoms with Gasteiger partial charge in [-0.15, -0.1) is 11.3 Å². The highest BCUT2D eigenvalue weighted by Crippen LogP contribution is 2.47. The summed E-state index contributed by atoms with van der Waals surface area (Å²) < 4.78 is 12.4. The van der Waals surface area contributed by atoms with E-state index in [0.29, 0.717) is 51.5 Å². The zero-order valence-corrected chi connectivity index (χ0v) is 24.8. The van der Waals surface area contributed by atoms with Gasteiger partial charge in [0.25, 0.3) is 0 Å². The van der Waals surface area contributed by atoms with Crippen molar-refractivity contribution in [1.29, 1.82) is 0 Å². The topological polar surface area (TPSA) is 88.7 Å². The largest absolute Gasteiger partial charge is 0.478 e. The number of rotatable bonds is 8. The van der Waals surface area contributed by atoms with Crippen LogP contribution in [-0.2, 0) is 11.3 Å². The number of carboxylic acids is 1. The van der Waals surface area contributed by atoms with Gasteiger partial charge in [-0.1, -0.05) is 40.5 Å². The highest BCUT2D eigenvalue weighted by atomic mass is 35.5. The molecule has 0 amide bonds. The first-order valence-electron chi connectivity index (χ1n) is 14.0. The number of benzene rings is 2. The summed E-state index contributed by atoms with van der Waals surface area (Å²) in [4.78, 5) is 18.9. The predicted octanol–water partition coefficient (Wildman–Crippen LogP) is 8.37. The molecule has 1 saturated carbocycles. The molecule has 3 atom stereocenters. The number of fused-ring (bicyclic) bond motifs is 2. The number of nitrogens with zero attached hydrogens (tertiary/aromatic N) is 3. The van der Waals surface area contributed by atoms with E-state index in [9.17, 15) is 9.90 Å². The van der Waals surface area contributed by atoms with Crippen LogP contribution in [0, 0.1) is 6.92 Å². The summed E-state index contributed by atoms with van der Waals surface area (Å²) in [5.74, 6) is 0.377. The van der Waals surface area contributed by atoms with Gasteiger partial charge in [0.15, 0.2) is 5.13 Å². The maximum atomic E-state index is 11.4. The number of ether oxygens (including phenoxy) is 1. The van der Waals surface area contributed by atoms with Gasteiger partial charge < -0.3 is 19.3 Å². The highest BCUT2D eigenvalue weighted by Gasteiger charge is 2.43. The quantitative estimate of drug-likeness (QED) is 0.214. The van der Waals surface area contributed by atoms with Crippen molar-refractivity contribution in [2.75, 3.05) is 4.90 Å². The molecular weight excluding hydrogens is 581 g/mol. The Morgan fingerprint density at radius 2 is 1.85 bits per heavy atom. The second-order valence-electron chi connectivity index (χ2n) is 11.3. The second-order valence-corrected chi connectivity index (χ2v) is 12.9. The number of aromatic nitrogens is 2. The normalized spacial score (nSPS) is 21.9. The van der Waals surface area contributed by atoms with Crippen LogP contribution < -0.4 is 4.90 Å². The minimum atomic E-state index is -0.911. The zero-order chi connectivity index (χ0) is 28.2. The molecule has 7 rings (SSSR count). The number of halogens is 2. The lowest BCUT2D eigenvalue weighted by Gasteiger charge is -2.38. The van der Waals surface area contributed by atoms with Crippen molar-refractivity contribution < 1.29 is 19.2 Å². The Kier molecular flexibility index (Phi) is 7.06. The van der Waals surface area contributed by atoms with Gasteiger partial charge in [-0.25, -0.2) is 9.78 Å². The molecule has 0 spiro atoms. The summed E-state index contributed by atoms with van der Waals surface area (Å²) in [7, 11) is 0. The lowest BCUT2D eigenvalue weighted by molar-refractivity contribution is 0.0147. The van der Waals surface area contributed by atoms with Gasteiger partial charge in [0.05, 0.1) is 34.0 Å². The summed E-state index contributed by atoms with van der Waals surface area (Å²) in [5.41, 5.74) is 5.23. The fraction of sp³-hybridized carbons (Fsp3) is 0.387. The number of piperidine rings is 1. The van der Waals surface area contributed by atoms with Crippen LogP contribution in [0.4, 0.5) is 5.13 Å². The van der Waals surface area contributed by atoms with Crippen LogP contribution in [0.5, 0.6) is 0 Å². The SMILES string of the molecule is Cc1cc(-c2csc(N3[C@@H]4CC[C@H]3CC(OCc3c(-c5c(Cl)cccc5Cl)noc3C3CC3)C4)n2)ccc1C(=O)O. The third-order valence-electron chi connectivity index (χ3n) is 8.58. The highest BCUT2D eigenvalue weighted by molar-refractivity contribution is 7.14. The minimum absolute atomic E-state index is 0.130. The predicted molar refractivity (Wildman–Crippen MR) is 160 cm³/mol. The molecule has 41 heavy (non-hydrogen) atoms. The molecule has 2 saturated heterocycles. The molecule has 1 aliphatic carbocycles. The third-order valence-corrected chi connectivity index (χ3v) is 10.1. The van der Waals surface area contributed by atoms with E-state index in [1.165, 1.54) is 0 Å². The lowest BCUT2D eigenvalue weighted by Crippen LogP contribution is -2.45. The number of aryl methyl sites for hydroxylation is 1. The van der Waals surface area contributed by atoms with Crippen LogP contribution in [-0.4, -0.2) is 39.4 Å². The monoisotopic (exact) mass is 609 g/mol. The van der Waals surface area contributed by atoms with Crippen LogP contribution in [0.15, 0.2) is 46.3 Å². The smallest absolute Gasteiger partial charge is 0.335 e. The number of carboxylic acid groups (broad SMARTS) is 1. The van der Waals surface area contributed by atoms with Crippen LogP contribution in [0.2, 0.25) is 10.0 Å².